The highest BCUT2D eigenvalue weighted by molar-refractivity contribution is 5.26. The number of rotatable bonds is 3. The highest BCUT2D eigenvalue weighted by Crippen LogP contribution is 2.37. The van der Waals surface area contributed by atoms with Crippen LogP contribution in [0.1, 0.15) is 38.2 Å². The molecule has 0 spiro atoms. The number of benzene rings is 1. The summed E-state index contributed by atoms with van der Waals surface area (Å²) < 4.78 is 32.5. The lowest BCUT2D eigenvalue weighted by atomic mass is 9.82. The third-order valence-corrected chi connectivity index (χ3v) is 3.47. The second-order valence-electron chi connectivity index (χ2n) is 4.89. The molecule has 1 aliphatic heterocycles. The van der Waals surface area contributed by atoms with Gasteiger partial charge in [-0.05, 0) is 24.6 Å². The molecule has 0 bridgehead atoms. The topological polar surface area (TPSA) is 29.5 Å². The molecule has 1 aromatic rings. The molecule has 18 heavy (non-hydrogen) atoms. The van der Waals surface area contributed by atoms with Crippen LogP contribution in [0.2, 0.25) is 0 Å². The van der Waals surface area contributed by atoms with Crippen molar-refractivity contribution in [3.05, 3.63) is 35.4 Å². The van der Waals surface area contributed by atoms with Crippen LogP contribution >= 0.6 is 0 Å². The van der Waals surface area contributed by atoms with Gasteiger partial charge in [-0.2, -0.15) is 0 Å². The van der Waals surface area contributed by atoms with Crippen LogP contribution < -0.4 is 0 Å². The molecule has 4 heteroatoms. The summed E-state index contributed by atoms with van der Waals surface area (Å²) in [6.07, 6.45) is 2.29. The Kier molecular flexibility index (Phi) is 3.97. The van der Waals surface area contributed by atoms with Crippen molar-refractivity contribution in [2.75, 3.05) is 6.61 Å². The Hall–Kier alpha value is -1.00. The van der Waals surface area contributed by atoms with E-state index in [1.807, 2.05) is 6.92 Å². The largest absolute Gasteiger partial charge is 0.385 e. The molecule has 0 aliphatic carbocycles. The zero-order valence-electron chi connectivity index (χ0n) is 10.5. The van der Waals surface area contributed by atoms with E-state index in [0.717, 1.165) is 31.0 Å². The Labute approximate surface area is 106 Å². The molecule has 100 valence electrons. The molecule has 2 rings (SSSR count). The minimum atomic E-state index is -1.32. The summed E-state index contributed by atoms with van der Waals surface area (Å²) in [6.45, 7) is 2.40. The van der Waals surface area contributed by atoms with Crippen molar-refractivity contribution in [1.82, 2.24) is 0 Å². The monoisotopic (exact) mass is 256 g/mol. The van der Waals surface area contributed by atoms with Crippen molar-refractivity contribution in [3.63, 3.8) is 0 Å². The Balaban J connectivity index is 2.26. The van der Waals surface area contributed by atoms with Crippen LogP contribution in [0.5, 0.6) is 0 Å². The normalized spacial score (nSPS) is 28.3. The summed E-state index contributed by atoms with van der Waals surface area (Å²) in [4.78, 5) is 0. The van der Waals surface area contributed by atoms with Gasteiger partial charge in [0.2, 0.25) is 0 Å². The van der Waals surface area contributed by atoms with Crippen molar-refractivity contribution < 1.29 is 18.6 Å². The van der Waals surface area contributed by atoms with E-state index in [4.69, 9.17) is 4.74 Å². The average molecular weight is 256 g/mol. The first-order valence-corrected chi connectivity index (χ1v) is 6.34. The summed E-state index contributed by atoms with van der Waals surface area (Å²) in [5.74, 6) is -1.09. The summed E-state index contributed by atoms with van der Waals surface area (Å²) in [6, 6.07) is 3.21. The summed E-state index contributed by atoms with van der Waals surface area (Å²) in [5.41, 5.74) is -1.27. The Morgan fingerprint density at radius 3 is 2.94 bits per heavy atom. The summed E-state index contributed by atoms with van der Waals surface area (Å²) in [5, 5.41) is 10.6. The first-order valence-electron chi connectivity index (χ1n) is 6.34. The van der Waals surface area contributed by atoms with Crippen molar-refractivity contribution in [1.29, 1.82) is 0 Å². The van der Waals surface area contributed by atoms with Crippen LogP contribution in [0.3, 0.4) is 0 Å². The van der Waals surface area contributed by atoms with E-state index in [0.29, 0.717) is 19.4 Å². The molecule has 2 nitrogen and oxygen atoms in total. The van der Waals surface area contributed by atoms with Gasteiger partial charge in [0.05, 0.1) is 18.3 Å². The van der Waals surface area contributed by atoms with Gasteiger partial charge in [-0.15, -0.1) is 0 Å². The zero-order chi connectivity index (χ0) is 13.2. The molecule has 2 atom stereocenters. The molecular weight excluding hydrogens is 238 g/mol. The van der Waals surface area contributed by atoms with Crippen molar-refractivity contribution in [3.8, 4) is 0 Å². The molecule has 0 aromatic heterocycles. The van der Waals surface area contributed by atoms with Gasteiger partial charge in [-0.3, -0.25) is 0 Å². The van der Waals surface area contributed by atoms with E-state index in [2.05, 4.69) is 0 Å². The fourth-order valence-electron chi connectivity index (χ4n) is 2.54. The van der Waals surface area contributed by atoms with Gasteiger partial charge < -0.3 is 9.84 Å². The maximum Gasteiger partial charge on any atom is 0.129 e. The zero-order valence-corrected chi connectivity index (χ0v) is 10.5. The Morgan fingerprint density at radius 1 is 1.44 bits per heavy atom. The van der Waals surface area contributed by atoms with E-state index >= 15 is 0 Å². The summed E-state index contributed by atoms with van der Waals surface area (Å²) >= 11 is 0. The molecular formula is C14H18F2O2. The van der Waals surface area contributed by atoms with Crippen LogP contribution in [0.15, 0.2) is 18.2 Å². The van der Waals surface area contributed by atoms with Gasteiger partial charge in [0, 0.05) is 18.4 Å². The molecule has 1 aromatic carbocycles. The van der Waals surface area contributed by atoms with Crippen LogP contribution in [-0.2, 0) is 10.3 Å². The van der Waals surface area contributed by atoms with Crippen LogP contribution in [-0.4, -0.2) is 17.8 Å². The second kappa shape index (κ2) is 5.33. The SMILES string of the molecule is CCCC1CC(O)(c2cc(F)ccc2F)CCO1. The lowest BCUT2D eigenvalue weighted by Crippen LogP contribution is -2.39. The fourth-order valence-corrected chi connectivity index (χ4v) is 2.54. The van der Waals surface area contributed by atoms with Crippen LogP contribution in [0.4, 0.5) is 8.78 Å². The average Bonchev–Trinajstić information content (AvgIpc) is 2.33. The number of ether oxygens (including phenoxy) is 1. The van der Waals surface area contributed by atoms with Crippen molar-refractivity contribution >= 4 is 0 Å². The fraction of sp³-hybridized carbons (Fsp3) is 0.571. The lowest BCUT2D eigenvalue weighted by Gasteiger charge is -2.37. The second-order valence-corrected chi connectivity index (χ2v) is 4.89. The summed E-state index contributed by atoms with van der Waals surface area (Å²) in [7, 11) is 0. The number of aliphatic hydroxyl groups is 1. The lowest BCUT2D eigenvalue weighted by molar-refractivity contribution is -0.111. The predicted octanol–water partition coefficient (Wildman–Crippen LogP) is 3.13. The van der Waals surface area contributed by atoms with E-state index in [1.165, 1.54) is 0 Å². The molecule has 1 aliphatic rings. The maximum atomic E-state index is 13.7. The van der Waals surface area contributed by atoms with E-state index in [9.17, 15) is 13.9 Å². The van der Waals surface area contributed by atoms with E-state index in [-0.39, 0.29) is 11.7 Å². The third kappa shape index (κ3) is 2.70. The first kappa shape index (κ1) is 13.4. The molecule has 0 saturated carbocycles. The standard InChI is InChI=1S/C14H18F2O2/c1-2-3-11-9-14(17,6-7-18-11)12-8-10(15)4-5-13(12)16/h4-5,8,11,17H,2-3,6-7,9H2,1H3. The van der Waals surface area contributed by atoms with Gasteiger partial charge in [0.25, 0.3) is 0 Å². The molecule has 0 radical (unpaired) electrons. The van der Waals surface area contributed by atoms with Gasteiger partial charge in [-0.1, -0.05) is 13.3 Å². The third-order valence-electron chi connectivity index (χ3n) is 3.47. The Morgan fingerprint density at radius 2 is 2.22 bits per heavy atom. The molecule has 1 saturated heterocycles. The van der Waals surface area contributed by atoms with Crippen LogP contribution in [0, 0.1) is 11.6 Å². The minimum Gasteiger partial charge on any atom is -0.385 e. The van der Waals surface area contributed by atoms with E-state index in [1.54, 1.807) is 0 Å². The van der Waals surface area contributed by atoms with Gasteiger partial charge >= 0.3 is 0 Å². The molecule has 2 unspecified atom stereocenters. The number of hydrogen-bond acceptors (Lipinski definition) is 2. The quantitative estimate of drug-likeness (QED) is 0.900. The Bertz CT molecular complexity index is 420. The molecule has 1 heterocycles. The van der Waals surface area contributed by atoms with Crippen molar-refractivity contribution in [2.45, 2.75) is 44.3 Å². The van der Waals surface area contributed by atoms with Gasteiger partial charge in [0.15, 0.2) is 0 Å². The first-order chi connectivity index (χ1) is 8.55. The predicted molar refractivity (Wildman–Crippen MR) is 64.1 cm³/mol. The van der Waals surface area contributed by atoms with E-state index < -0.39 is 17.2 Å². The molecule has 0 amide bonds. The highest BCUT2D eigenvalue weighted by atomic mass is 19.1. The van der Waals surface area contributed by atoms with Gasteiger partial charge in [-0.25, -0.2) is 8.78 Å². The minimum absolute atomic E-state index is 0.0481. The maximum absolute atomic E-state index is 13.7. The molecule has 1 N–H and O–H groups in total. The number of hydrogen-bond donors (Lipinski definition) is 1. The smallest absolute Gasteiger partial charge is 0.129 e. The number of halogens is 2. The van der Waals surface area contributed by atoms with Crippen LogP contribution in [0.25, 0.3) is 0 Å². The highest BCUT2D eigenvalue weighted by Gasteiger charge is 2.38. The molecule has 1 fully saturated rings. The van der Waals surface area contributed by atoms with Gasteiger partial charge in [0.1, 0.15) is 11.6 Å². The van der Waals surface area contributed by atoms with Crippen molar-refractivity contribution in [2.24, 2.45) is 0 Å².